The van der Waals surface area contributed by atoms with E-state index in [1.807, 2.05) is 56.3 Å². The lowest BCUT2D eigenvalue weighted by Crippen LogP contribution is -2.51. The summed E-state index contributed by atoms with van der Waals surface area (Å²) in [6.07, 6.45) is 0.374. The Bertz CT molecular complexity index is 1120. The maximum absolute atomic E-state index is 13.5. The summed E-state index contributed by atoms with van der Waals surface area (Å²) in [6.45, 7) is 4.19. The van der Waals surface area contributed by atoms with Crippen LogP contribution in [0.4, 0.5) is 0 Å². The molecule has 0 radical (unpaired) electrons. The highest BCUT2D eigenvalue weighted by Gasteiger charge is 2.30. The zero-order chi connectivity index (χ0) is 24.5. The molecular weight excluding hydrogens is 471 g/mol. The van der Waals surface area contributed by atoms with Gasteiger partial charge in [-0.25, -0.2) is 0 Å². The van der Waals surface area contributed by atoms with Gasteiger partial charge in [0.15, 0.2) is 6.61 Å². The number of aryl methyl sites for hydroxylation is 1. The van der Waals surface area contributed by atoms with E-state index in [2.05, 4.69) is 5.32 Å². The number of likely N-dealkylation sites (N-methyl/N-ethyl adjacent to an activating group) is 1. The third-order valence-electron chi connectivity index (χ3n) is 5.36. The Hall–Kier alpha value is -3.02. The molecule has 0 spiro atoms. The lowest BCUT2D eigenvalue weighted by Gasteiger charge is -2.31. The monoisotopic (exact) mass is 498 g/mol. The maximum atomic E-state index is 13.5. The number of nitrogens with one attached hydrogen (secondary N) is 1. The van der Waals surface area contributed by atoms with Crippen LogP contribution in [0.5, 0.6) is 5.75 Å². The van der Waals surface area contributed by atoms with Crippen LogP contribution >= 0.6 is 23.2 Å². The molecule has 3 aromatic rings. The molecule has 3 rings (SSSR count). The van der Waals surface area contributed by atoms with Crippen LogP contribution in [0.2, 0.25) is 10.0 Å². The zero-order valence-corrected chi connectivity index (χ0v) is 20.8. The Kier molecular flexibility index (Phi) is 9.37. The molecule has 0 bridgehead atoms. The number of benzene rings is 3. The summed E-state index contributed by atoms with van der Waals surface area (Å²) >= 11 is 12.3. The number of ether oxygens (including phenoxy) is 1. The minimum absolute atomic E-state index is 0.216. The molecule has 2 amide bonds. The molecule has 1 atom stereocenters. The van der Waals surface area contributed by atoms with Crippen LogP contribution in [0.15, 0.2) is 72.8 Å². The number of carbonyl (C=O) groups excluding carboxylic acids is 2. The van der Waals surface area contributed by atoms with Gasteiger partial charge in [0.05, 0.1) is 0 Å². The topological polar surface area (TPSA) is 58.6 Å². The van der Waals surface area contributed by atoms with Crippen molar-refractivity contribution >= 4 is 35.0 Å². The fourth-order valence-electron chi connectivity index (χ4n) is 3.61. The molecule has 178 valence electrons. The van der Waals surface area contributed by atoms with Gasteiger partial charge in [-0.05, 0) is 60.9 Å². The first-order valence-corrected chi connectivity index (χ1v) is 11.9. The van der Waals surface area contributed by atoms with E-state index in [0.717, 1.165) is 16.7 Å². The molecule has 34 heavy (non-hydrogen) atoms. The second-order valence-electron chi connectivity index (χ2n) is 7.95. The molecule has 0 fully saturated rings. The summed E-state index contributed by atoms with van der Waals surface area (Å²) in [7, 11) is 0. The SMILES string of the molecule is CCNC(=O)[C@H](Cc1ccccc1)N(Cc1cccc(Cl)c1)C(=O)COc1ccc(Cl)c(C)c1. The first-order valence-electron chi connectivity index (χ1n) is 11.1. The van der Waals surface area contributed by atoms with E-state index in [4.69, 9.17) is 27.9 Å². The summed E-state index contributed by atoms with van der Waals surface area (Å²) in [4.78, 5) is 28.1. The van der Waals surface area contributed by atoms with Crippen LogP contribution in [-0.4, -0.2) is 35.9 Å². The molecule has 0 aliphatic rings. The van der Waals surface area contributed by atoms with Crippen LogP contribution in [0.1, 0.15) is 23.6 Å². The Morgan fingerprint density at radius 1 is 0.971 bits per heavy atom. The Morgan fingerprint density at radius 3 is 2.38 bits per heavy atom. The molecule has 0 aromatic heterocycles. The Balaban J connectivity index is 1.89. The molecule has 7 heteroatoms. The second kappa shape index (κ2) is 12.4. The van der Waals surface area contributed by atoms with Crippen molar-refractivity contribution in [2.24, 2.45) is 0 Å². The molecule has 0 unspecified atom stereocenters. The number of nitrogens with zero attached hydrogens (tertiary/aromatic N) is 1. The molecule has 0 saturated carbocycles. The van der Waals surface area contributed by atoms with Crippen molar-refractivity contribution in [1.82, 2.24) is 10.2 Å². The summed E-state index contributed by atoms with van der Waals surface area (Å²) in [5.41, 5.74) is 2.63. The van der Waals surface area contributed by atoms with E-state index in [1.54, 1.807) is 35.2 Å². The minimum Gasteiger partial charge on any atom is -0.484 e. The van der Waals surface area contributed by atoms with Crippen LogP contribution in [0.3, 0.4) is 0 Å². The number of amides is 2. The van der Waals surface area contributed by atoms with E-state index >= 15 is 0 Å². The Labute approximate surface area is 210 Å². The smallest absolute Gasteiger partial charge is 0.261 e. The van der Waals surface area contributed by atoms with Gasteiger partial charge in [-0.2, -0.15) is 0 Å². The van der Waals surface area contributed by atoms with Crippen LogP contribution in [-0.2, 0) is 22.6 Å². The fourth-order valence-corrected chi connectivity index (χ4v) is 3.94. The summed E-state index contributed by atoms with van der Waals surface area (Å²) in [5.74, 6) is 0.0133. The fraction of sp³-hybridized carbons (Fsp3) is 0.259. The van der Waals surface area contributed by atoms with Gasteiger partial charge < -0.3 is 15.0 Å². The number of carbonyl (C=O) groups is 2. The van der Waals surface area contributed by atoms with E-state index in [1.165, 1.54) is 0 Å². The molecule has 5 nitrogen and oxygen atoms in total. The average Bonchev–Trinajstić information content (AvgIpc) is 2.82. The molecule has 0 saturated heterocycles. The van der Waals surface area contributed by atoms with E-state index in [0.29, 0.717) is 28.8 Å². The van der Waals surface area contributed by atoms with Crippen molar-refractivity contribution in [2.75, 3.05) is 13.2 Å². The van der Waals surface area contributed by atoms with Crippen molar-refractivity contribution in [3.8, 4) is 5.75 Å². The highest BCUT2D eigenvalue weighted by Crippen LogP contribution is 2.22. The van der Waals surface area contributed by atoms with Crippen LogP contribution in [0, 0.1) is 6.92 Å². The second-order valence-corrected chi connectivity index (χ2v) is 8.79. The van der Waals surface area contributed by atoms with Crippen molar-refractivity contribution in [2.45, 2.75) is 32.9 Å². The van der Waals surface area contributed by atoms with Gasteiger partial charge >= 0.3 is 0 Å². The van der Waals surface area contributed by atoms with Gasteiger partial charge in [0, 0.05) is 29.6 Å². The van der Waals surface area contributed by atoms with Crippen molar-refractivity contribution in [3.05, 3.63) is 99.5 Å². The summed E-state index contributed by atoms with van der Waals surface area (Å²) < 4.78 is 5.78. The standard InChI is InChI=1S/C27H28Cl2N2O3/c1-3-30-27(33)25(16-20-8-5-4-6-9-20)31(17-21-10-7-11-22(28)15-21)26(32)18-34-23-12-13-24(29)19(2)14-23/h4-15,25H,3,16-18H2,1-2H3,(H,30,33)/t25-/m0/s1. The maximum Gasteiger partial charge on any atom is 0.261 e. The van der Waals surface area contributed by atoms with Gasteiger partial charge in [0.1, 0.15) is 11.8 Å². The average molecular weight is 499 g/mol. The van der Waals surface area contributed by atoms with E-state index in [9.17, 15) is 9.59 Å². The lowest BCUT2D eigenvalue weighted by atomic mass is 10.0. The molecule has 0 aliphatic heterocycles. The number of hydrogen-bond acceptors (Lipinski definition) is 3. The molecule has 1 N–H and O–H groups in total. The van der Waals surface area contributed by atoms with Gasteiger partial charge in [-0.1, -0.05) is 65.7 Å². The molecular formula is C27H28Cl2N2O3. The van der Waals surface area contributed by atoms with Gasteiger partial charge in [-0.3, -0.25) is 9.59 Å². The number of halogens is 2. The lowest BCUT2D eigenvalue weighted by molar-refractivity contribution is -0.142. The molecule has 3 aromatic carbocycles. The van der Waals surface area contributed by atoms with E-state index < -0.39 is 6.04 Å². The quantitative estimate of drug-likeness (QED) is 0.403. The first kappa shape index (κ1) is 25.6. The normalized spacial score (nSPS) is 11.5. The first-order chi connectivity index (χ1) is 16.4. The Morgan fingerprint density at radius 2 is 1.71 bits per heavy atom. The van der Waals surface area contributed by atoms with Crippen molar-refractivity contribution < 1.29 is 14.3 Å². The number of hydrogen-bond donors (Lipinski definition) is 1. The van der Waals surface area contributed by atoms with Crippen molar-refractivity contribution in [1.29, 1.82) is 0 Å². The summed E-state index contributed by atoms with van der Waals surface area (Å²) in [5, 5.41) is 4.06. The zero-order valence-electron chi connectivity index (χ0n) is 19.3. The van der Waals surface area contributed by atoms with Gasteiger partial charge in [0.2, 0.25) is 5.91 Å². The third-order valence-corrected chi connectivity index (χ3v) is 6.01. The largest absolute Gasteiger partial charge is 0.484 e. The van der Waals surface area contributed by atoms with E-state index in [-0.39, 0.29) is 25.0 Å². The third kappa shape index (κ3) is 7.24. The summed E-state index contributed by atoms with van der Waals surface area (Å²) in [6, 6.07) is 21.4. The van der Waals surface area contributed by atoms with Gasteiger partial charge in [-0.15, -0.1) is 0 Å². The van der Waals surface area contributed by atoms with Crippen molar-refractivity contribution in [3.63, 3.8) is 0 Å². The highest BCUT2D eigenvalue weighted by molar-refractivity contribution is 6.31. The van der Waals surface area contributed by atoms with Crippen LogP contribution in [0.25, 0.3) is 0 Å². The van der Waals surface area contributed by atoms with Gasteiger partial charge in [0.25, 0.3) is 5.91 Å². The minimum atomic E-state index is -0.718. The highest BCUT2D eigenvalue weighted by atomic mass is 35.5. The predicted octanol–water partition coefficient (Wildman–Crippen LogP) is 5.46. The predicted molar refractivity (Wildman–Crippen MR) is 136 cm³/mol. The molecule has 0 aliphatic carbocycles. The van der Waals surface area contributed by atoms with Crippen LogP contribution < -0.4 is 10.1 Å². The number of rotatable bonds is 10. The molecule has 0 heterocycles.